The molecule has 1 aromatic carbocycles. The van der Waals surface area contributed by atoms with Gasteiger partial charge in [-0.1, -0.05) is 0 Å². The van der Waals surface area contributed by atoms with Crippen molar-refractivity contribution in [1.82, 2.24) is 4.90 Å². The van der Waals surface area contributed by atoms with E-state index < -0.39 is 0 Å². The van der Waals surface area contributed by atoms with Crippen molar-refractivity contribution in [2.75, 3.05) is 24.6 Å². The molecule has 0 saturated carbocycles. The van der Waals surface area contributed by atoms with Gasteiger partial charge in [0, 0.05) is 30.1 Å². The van der Waals surface area contributed by atoms with Crippen molar-refractivity contribution in [3.8, 4) is 0 Å². The standard InChI is InChI=1S/C14H21FN2OS/c1-3-17(4-2)14(18)6-5-7-19-13-9-11(15)8-12(16)10-13/h8-10H,3-7,16H2,1-2H3. The van der Waals surface area contributed by atoms with E-state index in [1.54, 1.807) is 6.07 Å². The zero-order chi connectivity index (χ0) is 14.3. The zero-order valence-electron chi connectivity index (χ0n) is 11.5. The summed E-state index contributed by atoms with van der Waals surface area (Å²) in [6.45, 7) is 5.46. The number of carbonyl (C=O) groups is 1. The number of hydrogen-bond donors (Lipinski definition) is 1. The van der Waals surface area contributed by atoms with Crippen molar-refractivity contribution in [1.29, 1.82) is 0 Å². The first-order valence-corrected chi connectivity index (χ1v) is 7.52. The fourth-order valence-electron chi connectivity index (χ4n) is 1.82. The number of nitrogens with zero attached hydrogens (tertiary/aromatic N) is 1. The number of halogens is 1. The molecule has 19 heavy (non-hydrogen) atoms. The van der Waals surface area contributed by atoms with E-state index in [2.05, 4.69) is 0 Å². The predicted molar refractivity (Wildman–Crippen MR) is 78.7 cm³/mol. The van der Waals surface area contributed by atoms with Gasteiger partial charge in [-0.15, -0.1) is 11.8 Å². The summed E-state index contributed by atoms with van der Waals surface area (Å²) in [5, 5.41) is 0. The Morgan fingerprint density at radius 2 is 2.00 bits per heavy atom. The van der Waals surface area contributed by atoms with Crippen LogP contribution >= 0.6 is 11.8 Å². The largest absolute Gasteiger partial charge is 0.399 e. The first-order chi connectivity index (χ1) is 9.06. The minimum Gasteiger partial charge on any atom is -0.399 e. The van der Waals surface area contributed by atoms with Crippen molar-refractivity contribution < 1.29 is 9.18 Å². The number of carbonyl (C=O) groups excluding carboxylic acids is 1. The maximum Gasteiger partial charge on any atom is 0.222 e. The molecule has 5 heteroatoms. The molecular formula is C14H21FN2OS. The smallest absolute Gasteiger partial charge is 0.222 e. The Balaban J connectivity index is 2.32. The molecule has 0 radical (unpaired) electrons. The molecule has 0 aliphatic rings. The number of thioether (sulfide) groups is 1. The molecule has 0 spiro atoms. The Bertz CT molecular complexity index is 402. The Kier molecular flexibility index (Phi) is 6.70. The van der Waals surface area contributed by atoms with Gasteiger partial charge in [-0.05, 0) is 44.2 Å². The van der Waals surface area contributed by atoms with Crippen LogP contribution in [0.1, 0.15) is 26.7 Å². The van der Waals surface area contributed by atoms with E-state index in [4.69, 9.17) is 5.73 Å². The van der Waals surface area contributed by atoms with Gasteiger partial charge in [-0.25, -0.2) is 4.39 Å². The molecule has 3 nitrogen and oxygen atoms in total. The van der Waals surface area contributed by atoms with Crippen LogP contribution in [0.2, 0.25) is 0 Å². The highest BCUT2D eigenvalue weighted by Gasteiger charge is 2.08. The van der Waals surface area contributed by atoms with Crippen molar-refractivity contribution >= 4 is 23.4 Å². The van der Waals surface area contributed by atoms with Gasteiger partial charge in [0.25, 0.3) is 0 Å². The minimum absolute atomic E-state index is 0.185. The number of amides is 1. The Morgan fingerprint density at radius 1 is 1.32 bits per heavy atom. The van der Waals surface area contributed by atoms with Crippen molar-refractivity contribution in [2.24, 2.45) is 0 Å². The van der Waals surface area contributed by atoms with Gasteiger partial charge in [0.15, 0.2) is 0 Å². The van der Waals surface area contributed by atoms with Crippen molar-refractivity contribution in [2.45, 2.75) is 31.6 Å². The van der Waals surface area contributed by atoms with Gasteiger partial charge in [-0.3, -0.25) is 4.79 Å². The predicted octanol–water partition coefficient (Wildman–Crippen LogP) is 3.15. The number of benzene rings is 1. The lowest BCUT2D eigenvalue weighted by atomic mass is 10.3. The van der Waals surface area contributed by atoms with Gasteiger partial charge in [0.1, 0.15) is 5.82 Å². The quantitative estimate of drug-likeness (QED) is 0.475. The lowest BCUT2D eigenvalue weighted by Crippen LogP contribution is -2.30. The molecule has 0 unspecified atom stereocenters. The molecule has 0 aromatic heterocycles. The molecule has 0 heterocycles. The Morgan fingerprint density at radius 3 is 2.58 bits per heavy atom. The third-order valence-corrected chi connectivity index (χ3v) is 3.88. The van der Waals surface area contributed by atoms with Crippen LogP contribution in [0.4, 0.5) is 10.1 Å². The second-order valence-corrected chi connectivity index (χ2v) is 5.41. The van der Waals surface area contributed by atoms with Gasteiger partial charge in [0.05, 0.1) is 0 Å². The number of anilines is 1. The highest BCUT2D eigenvalue weighted by molar-refractivity contribution is 7.99. The fourth-order valence-corrected chi connectivity index (χ4v) is 2.76. The second kappa shape index (κ2) is 8.04. The maximum atomic E-state index is 13.1. The van der Waals surface area contributed by atoms with E-state index in [0.717, 1.165) is 30.2 Å². The van der Waals surface area contributed by atoms with Crippen LogP contribution in [0.25, 0.3) is 0 Å². The lowest BCUT2D eigenvalue weighted by Gasteiger charge is -2.18. The van der Waals surface area contributed by atoms with E-state index in [1.807, 2.05) is 18.7 Å². The fraction of sp³-hybridized carbons (Fsp3) is 0.500. The number of nitrogen functional groups attached to an aromatic ring is 1. The molecule has 1 rings (SSSR count). The van der Waals surface area contributed by atoms with Crippen LogP contribution in [0.5, 0.6) is 0 Å². The molecular weight excluding hydrogens is 263 g/mol. The first-order valence-electron chi connectivity index (χ1n) is 6.53. The molecule has 0 bridgehead atoms. The normalized spacial score (nSPS) is 10.5. The molecule has 1 amide bonds. The molecule has 2 N–H and O–H groups in total. The minimum atomic E-state index is -0.318. The molecule has 106 valence electrons. The van der Waals surface area contributed by atoms with E-state index in [9.17, 15) is 9.18 Å². The van der Waals surface area contributed by atoms with Crippen molar-refractivity contribution in [3.63, 3.8) is 0 Å². The summed E-state index contributed by atoms with van der Waals surface area (Å²) in [6, 6.07) is 4.52. The van der Waals surface area contributed by atoms with Crippen LogP contribution in [0, 0.1) is 5.82 Å². The number of nitrogens with two attached hydrogens (primary N) is 1. The lowest BCUT2D eigenvalue weighted by molar-refractivity contribution is -0.130. The van der Waals surface area contributed by atoms with Crippen LogP contribution < -0.4 is 5.73 Å². The molecule has 0 aliphatic carbocycles. The highest BCUT2D eigenvalue weighted by Crippen LogP contribution is 2.23. The summed E-state index contributed by atoms with van der Waals surface area (Å²) in [4.78, 5) is 14.4. The monoisotopic (exact) mass is 284 g/mol. The first kappa shape index (κ1) is 15.8. The van der Waals surface area contributed by atoms with E-state index in [1.165, 1.54) is 23.9 Å². The number of rotatable bonds is 7. The average molecular weight is 284 g/mol. The molecule has 0 aliphatic heterocycles. The van der Waals surface area contributed by atoms with E-state index >= 15 is 0 Å². The summed E-state index contributed by atoms with van der Waals surface area (Å²) in [6.07, 6.45) is 1.33. The summed E-state index contributed by atoms with van der Waals surface area (Å²) < 4.78 is 13.1. The third-order valence-electron chi connectivity index (χ3n) is 2.81. The maximum absolute atomic E-state index is 13.1. The topological polar surface area (TPSA) is 46.3 Å². The molecule has 0 fully saturated rings. The summed E-state index contributed by atoms with van der Waals surface area (Å²) >= 11 is 1.53. The van der Waals surface area contributed by atoms with Gasteiger partial charge < -0.3 is 10.6 Å². The highest BCUT2D eigenvalue weighted by atomic mass is 32.2. The second-order valence-electron chi connectivity index (χ2n) is 4.24. The Hall–Kier alpha value is -1.23. The average Bonchev–Trinajstić information content (AvgIpc) is 2.35. The van der Waals surface area contributed by atoms with Gasteiger partial charge in [0.2, 0.25) is 5.91 Å². The van der Waals surface area contributed by atoms with Crippen molar-refractivity contribution in [3.05, 3.63) is 24.0 Å². The van der Waals surface area contributed by atoms with E-state index in [-0.39, 0.29) is 11.7 Å². The summed E-state index contributed by atoms with van der Waals surface area (Å²) in [5.41, 5.74) is 6.01. The van der Waals surface area contributed by atoms with E-state index in [0.29, 0.717) is 12.1 Å². The molecule has 1 aromatic rings. The van der Waals surface area contributed by atoms with Gasteiger partial charge >= 0.3 is 0 Å². The van der Waals surface area contributed by atoms with Crippen LogP contribution in [-0.2, 0) is 4.79 Å². The van der Waals surface area contributed by atoms with Crippen LogP contribution in [0.3, 0.4) is 0 Å². The molecule has 0 atom stereocenters. The van der Waals surface area contributed by atoms with Crippen LogP contribution in [-0.4, -0.2) is 29.6 Å². The zero-order valence-corrected chi connectivity index (χ0v) is 12.3. The summed E-state index contributed by atoms with van der Waals surface area (Å²) in [5.74, 6) is 0.654. The molecule has 0 saturated heterocycles. The number of hydrogen-bond acceptors (Lipinski definition) is 3. The SMILES string of the molecule is CCN(CC)C(=O)CCCSc1cc(N)cc(F)c1. The van der Waals surface area contributed by atoms with Gasteiger partial charge in [-0.2, -0.15) is 0 Å². The Labute approximate surface area is 118 Å². The third kappa shape index (κ3) is 5.51. The van der Waals surface area contributed by atoms with Crippen LogP contribution in [0.15, 0.2) is 23.1 Å². The summed E-state index contributed by atoms with van der Waals surface area (Å²) in [7, 11) is 0.